The first kappa shape index (κ1) is 11.6. The maximum absolute atomic E-state index is 5.22. The zero-order chi connectivity index (χ0) is 8.27. The Labute approximate surface area is 85.8 Å². The van der Waals surface area contributed by atoms with Gasteiger partial charge >= 0.3 is 0 Å². The first-order chi connectivity index (χ1) is 5.26. The Morgan fingerprint density at radius 2 is 2.08 bits per heavy atom. The first-order valence-electron chi connectivity index (χ1n) is 3.07. The van der Waals surface area contributed by atoms with Crippen molar-refractivity contribution in [1.29, 1.82) is 0 Å². The van der Waals surface area contributed by atoms with Gasteiger partial charge in [0, 0.05) is 10.5 Å². The Bertz CT molecular complexity index is 235. The molecular weight excluding hydrogens is 243 g/mol. The molecule has 0 bridgehead atoms. The fourth-order valence-electron chi connectivity index (χ4n) is 0.764. The average molecular weight is 254 g/mol. The third-order valence-corrected chi connectivity index (χ3v) is 1.73. The zero-order valence-electron chi connectivity index (χ0n) is 6.50. The molecule has 1 aromatic rings. The molecular formula is C7H10BrClN2O. The molecule has 0 aliphatic carbocycles. The lowest BCUT2D eigenvalue weighted by Crippen LogP contribution is -2.06. The molecule has 0 aliphatic heterocycles. The van der Waals surface area contributed by atoms with Crippen LogP contribution in [0.1, 0.15) is 0 Å². The van der Waals surface area contributed by atoms with Crippen LogP contribution in [0.5, 0.6) is 5.75 Å². The third-order valence-electron chi connectivity index (χ3n) is 1.27. The number of nitrogen functional groups attached to an aromatic ring is 1. The van der Waals surface area contributed by atoms with Crippen LogP contribution in [0.3, 0.4) is 0 Å². The number of anilines is 1. The Kier molecular flexibility index (Phi) is 5.04. The van der Waals surface area contributed by atoms with Crippen molar-refractivity contribution < 1.29 is 4.74 Å². The molecule has 68 valence electrons. The van der Waals surface area contributed by atoms with Crippen molar-refractivity contribution in [2.45, 2.75) is 0 Å². The molecule has 1 rings (SSSR count). The standard InChI is InChI=1S/C7H9BrN2O.ClH/c1-11-7-3-5(8)2-6(4-7)10-9;/h2-4,10H,9H2,1H3;1H. The molecule has 0 heterocycles. The Morgan fingerprint density at radius 1 is 1.42 bits per heavy atom. The molecule has 0 saturated carbocycles. The van der Waals surface area contributed by atoms with Gasteiger partial charge in [0.05, 0.1) is 12.8 Å². The molecule has 0 radical (unpaired) electrons. The van der Waals surface area contributed by atoms with Gasteiger partial charge in [-0.1, -0.05) is 15.9 Å². The number of nitrogens with two attached hydrogens (primary N) is 1. The minimum atomic E-state index is 0. The summed E-state index contributed by atoms with van der Waals surface area (Å²) in [4.78, 5) is 0. The summed E-state index contributed by atoms with van der Waals surface area (Å²) in [6.07, 6.45) is 0. The van der Waals surface area contributed by atoms with Gasteiger partial charge in [0.25, 0.3) is 0 Å². The molecule has 12 heavy (non-hydrogen) atoms. The maximum atomic E-state index is 5.22. The quantitative estimate of drug-likeness (QED) is 0.627. The van der Waals surface area contributed by atoms with E-state index in [-0.39, 0.29) is 12.4 Å². The van der Waals surface area contributed by atoms with E-state index in [1.54, 1.807) is 7.11 Å². The Morgan fingerprint density at radius 3 is 2.58 bits per heavy atom. The van der Waals surface area contributed by atoms with Crippen molar-refractivity contribution in [1.82, 2.24) is 0 Å². The van der Waals surface area contributed by atoms with E-state index in [1.807, 2.05) is 18.2 Å². The minimum absolute atomic E-state index is 0. The fourth-order valence-corrected chi connectivity index (χ4v) is 1.24. The molecule has 5 heteroatoms. The lowest BCUT2D eigenvalue weighted by molar-refractivity contribution is 0.414. The number of nitrogens with one attached hydrogen (secondary N) is 1. The van der Waals surface area contributed by atoms with E-state index in [0.29, 0.717) is 0 Å². The average Bonchev–Trinajstić information content (AvgIpc) is 2.03. The van der Waals surface area contributed by atoms with Crippen LogP contribution in [-0.2, 0) is 0 Å². The van der Waals surface area contributed by atoms with E-state index in [2.05, 4.69) is 21.4 Å². The second-order valence-corrected chi connectivity index (χ2v) is 2.94. The topological polar surface area (TPSA) is 47.3 Å². The van der Waals surface area contributed by atoms with Gasteiger partial charge in [-0.25, -0.2) is 0 Å². The number of halogens is 2. The number of hydrazine groups is 1. The fraction of sp³-hybridized carbons (Fsp3) is 0.143. The van der Waals surface area contributed by atoms with Crippen LogP contribution in [0.2, 0.25) is 0 Å². The van der Waals surface area contributed by atoms with E-state index in [1.165, 1.54) is 0 Å². The van der Waals surface area contributed by atoms with Crippen molar-refractivity contribution in [2.75, 3.05) is 12.5 Å². The van der Waals surface area contributed by atoms with Gasteiger partial charge in [0.2, 0.25) is 0 Å². The van der Waals surface area contributed by atoms with Crippen LogP contribution < -0.4 is 16.0 Å². The molecule has 0 atom stereocenters. The van der Waals surface area contributed by atoms with Crippen molar-refractivity contribution in [3.63, 3.8) is 0 Å². The minimum Gasteiger partial charge on any atom is -0.497 e. The number of benzene rings is 1. The second kappa shape index (κ2) is 5.24. The SMILES string of the molecule is COc1cc(Br)cc(NN)c1.Cl. The molecule has 0 aromatic heterocycles. The first-order valence-corrected chi connectivity index (χ1v) is 3.87. The van der Waals surface area contributed by atoms with Crippen LogP contribution in [0.15, 0.2) is 22.7 Å². The number of rotatable bonds is 2. The number of methoxy groups -OCH3 is 1. The zero-order valence-corrected chi connectivity index (χ0v) is 8.91. The van der Waals surface area contributed by atoms with Crippen LogP contribution >= 0.6 is 28.3 Å². The molecule has 0 aliphatic rings. The lowest BCUT2D eigenvalue weighted by Gasteiger charge is -2.04. The summed E-state index contributed by atoms with van der Waals surface area (Å²) in [7, 11) is 1.61. The highest BCUT2D eigenvalue weighted by molar-refractivity contribution is 9.10. The van der Waals surface area contributed by atoms with E-state index < -0.39 is 0 Å². The van der Waals surface area contributed by atoms with Crippen molar-refractivity contribution in [3.05, 3.63) is 22.7 Å². The van der Waals surface area contributed by atoms with Gasteiger partial charge < -0.3 is 10.2 Å². The summed E-state index contributed by atoms with van der Waals surface area (Å²) < 4.78 is 5.95. The van der Waals surface area contributed by atoms with Gasteiger partial charge in [0.1, 0.15) is 5.75 Å². The smallest absolute Gasteiger partial charge is 0.122 e. The normalized spacial score (nSPS) is 8.58. The van der Waals surface area contributed by atoms with Crippen LogP contribution in [0, 0.1) is 0 Å². The van der Waals surface area contributed by atoms with Gasteiger partial charge in [-0.3, -0.25) is 5.84 Å². The molecule has 0 saturated heterocycles. The summed E-state index contributed by atoms with van der Waals surface area (Å²) in [5, 5.41) is 0. The van der Waals surface area contributed by atoms with Crippen LogP contribution in [0.25, 0.3) is 0 Å². The van der Waals surface area contributed by atoms with Gasteiger partial charge in [-0.05, 0) is 12.1 Å². The largest absolute Gasteiger partial charge is 0.497 e. The molecule has 0 spiro atoms. The Balaban J connectivity index is 0.00000121. The van der Waals surface area contributed by atoms with E-state index in [0.717, 1.165) is 15.9 Å². The summed E-state index contributed by atoms with van der Waals surface area (Å²) in [6.45, 7) is 0. The predicted octanol–water partition coefficient (Wildman–Crippen LogP) is 2.17. The predicted molar refractivity (Wildman–Crippen MR) is 55.8 cm³/mol. The Hall–Kier alpha value is -0.450. The van der Waals surface area contributed by atoms with E-state index >= 15 is 0 Å². The molecule has 3 nitrogen and oxygen atoms in total. The van der Waals surface area contributed by atoms with E-state index in [9.17, 15) is 0 Å². The van der Waals surface area contributed by atoms with Crippen molar-refractivity contribution in [2.24, 2.45) is 5.84 Å². The monoisotopic (exact) mass is 252 g/mol. The highest BCUT2D eigenvalue weighted by atomic mass is 79.9. The summed E-state index contributed by atoms with van der Waals surface area (Å²) >= 11 is 3.32. The van der Waals surface area contributed by atoms with Gasteiger partial charge in [-0.15, -0.1) is 12.4 Å². The number of ether oxygens (including phenoxy) is 1. The summed E-state index contributed by atoms with van der Waals surface area (Å²) in [5.41, 5.74) is 3.35. The molecule has 0 amide bonds. The second-order valence-electron chi connectivity index (χ2n) is 2.02. The van der Waals surface area contributed by atoms with Gasteiger partial charge in [0.15, 0.2) is 0 Å². The van der Waals surface area contributed by atoms with Crippen LogP contribution in [-0.4, -0.2) is 7.11 Å². The van der Waals surface area contributed by atoms with Gasteiger partial charge in [-0.2, -0.15) is 0 Å². The van der Waals surface area contributed by atoms with Crippen molar-refractivity contribution in [3.8, 4) is 5.75 Å². The highest BCUT2D eigenvalue weighted by Gasteiger charge is 1.96. The lowest BCUT2D eigenvalue weighted by atomic mass is 10.3. The van der Waals surface area contributed by atoms with Crippen molar-refractivity contribution >= 4 is 34.0 Å². The molecule has 3 N–H and O–H groups in total. The third kappa shape index (κ3) is 2.89. The molecule has 0 unspecified atom stereocenters. The summed E-state index contributed by atoms with van der Waals surface area (Å²) in [5.74, 6) is 5.99. The molecule has 1 aromatic carbocycles. The number of hydrogen-bond acceptors (Lipinski definition) is 3. The van der Waals surface area contributed by atoms with Crippen LogP contribution in [0.4, 0.5) is 5.69 Å². The maximum Gasteiger partial charge on any atom is 0.122 e. The molecule has 0 fully saturated rings. The van der Waals surface area contributed by atoms with E-state index in [4.69, 9.17) is 10.6 Å². The summed E-state index contributed by atoms with van der Waals surface area (Å²) in [6, 6.07) is 5.54. The number of hydrogen-bond donors (Lipinski definition) is 2. The highest BCUT2D eigenvalue weighted by Crippen LogP contribution is 2.23.